The molecule has 1 aromatic heterocycles. The van der Waals surface area contributed by atoms with E-state index in [0.717, 1.165) is 11.3 Å². The van der Waals surface area contributed by atoms with E-state index in [1.165, 1.54) is 11.3 Å². The van der Waals surface area contributed by atoms with E-state index in [1.54, 1.807) is 0 Å². The highest BCUT2D eigenvalue weighted by atomic mass is 32.1. The van der Waals surface area contributed by atoms with Gasteiger partial charge in [-0.15, -0.1) is 11.3 Å². The number of nitrogens with zero attached hydrogens (tertiary/aromatic N) is 1. The third-order valence-corrected chi connectivity index (χ3v) is 3.40. The number of carbonyl (C=O) groups is 2. The van der Waals surface area contributed by atoms with Gasteiger partial charge in [0, 0.05) is 17.6 Å². The van der Waals surface area contributed by atoms with Gasteiger partial charge in [-0.1, -0.05) is 30.3 Å². The van der Waals surface area contributed by atoms with Crippen molar-refractivity contribution in [1.29, 1.82) is 0 Å². The second-order valence-corrected chi connectivity index (χ2v) is 5.05. The first-order chi connectivity index (χ1) is 10.7. The molecule has 1 aromatic carbocycles. The van der Waals surface area contributed by atoms with E-state index in [0.29, 0.717) is 11.7 Å². The second-order valence-electron chi connectivity index (χ2n) is 4.19. The van der Waals surface area contributed by atoms with Crippen LogP contribution in [0.5, 0.6) is 0 Å². The number of rotatable bonds is 6. The molecule has 0 aliphatic carbocycles. The van der Waals surface area contributed by atoms with Crippen LogP contribution in [0.1, 0.15) is 6.92 Å². The third-order valence-electron chi connectivity index (χ3n) is 2.64. The van der Waals surface area contributed by atoms with Crippen molar-refractivity contribution in [3.63, 3.8) is 0 Å². The van der Waals surface area contributed by atoms with Crippen LogP contribution in [0.15, 0.2) is 35.7 Å². The number of benzene rings is 1. The Kier molecular flexibility index (Phi) is 6.05. The van der Waals surface area contributed by atoms with E-state index in [-0.39, 0.29) is 13.2 Å². The Balaban J connectivity index is 1.87. The molecule has 0 radical (unpaired) electrons. The zero-order valence-electron chi connectivity index (χ0n) is 12.1. The summed E-state index contributed by atoms with van der Waals surface area (Å²) in [5.41, 5.74) is 1.68. The summed E-state index contributed by atoms with van der Waals surface area (Å²) in [5, 5.41) is 4.59. The van der Waals surface area contributed by atoms with Gasteiger partial charge in [0.1, 0.15) is 6.61 Å². The van der Waals surface area contributed by atoms with Crippen LogP contribution in [0.4, 0.5) is 5.13 Å². The van der Waals surface area contributed by atoms with Crippen LogP contribution in [-0.4, -0.2) is 36.7 Å². The highest BCUT2D eigenvalue weighted by molar-refractivity contribution is 7.14. The lowest BCUT2D eigenvalue weighted by atomic mass is 10.2. The monoisotopic (exact) mass is 320 g/mol. The average molecular weight is 320 g/mol. The van der Waals surface area contributed by atoms with E-state index in [1.807, 2.05) is 42.6 Å². The minimum absolute atomic E-state index is 0.0488. The number of nitrogens with one attached hydrogen (secondary N) is 1. The van der Waals surface area contributed by atoms with E-state index < -0.39 is 11.9 Å². The van der Waals surface area contributed by atoms with E-state index in [9.17, 15) is 9.59 Å². The lowest BCUT2D eigenvalue weighted by Crippen LogP contribution is -2.26. The van der Waals surface area contributed by atoms with E-state index in [4.69, 9.17) is 9.47 Å². The van der Waals surface area contributed by atoms with Crippen molar-refractivity contribution in [1.82, 2.24) is 4.98 Å². The zero-order chi connectivity index (χ0) is 15.8. The van der Waals surface area contributed by atoms with Crippen molar-refractivity contribution in [2.24, 2.45) is 0 Å². The molecule has 0 saturated heterocycles. The number of carbonyl (C=O) groups excluding carboxylic acids is 2. The molecule has 1 amide bonds. The SMILES string of the molecule is CCOCCOC(=O)C(=O)Nc1nc(-c2ccccc2)cs1. The largest absolute Gasteiger partial charge is 0.456 e. The van der Waals surface area contributed by atoms with Crippen LogP contribution in [0.3, 0.4) is 0 Å². The van der Waals surface area contributed by atoms with Crippen molar-refractivity contribution in [3.05, 3.63) is 35.7 Å². The van der Waals surface area contributed by atoms with E-state index in [2.05, 4.69) is 10.3 Å². The Morgan fingerprint density at radius 3 is 2.73 bits per heavy atom. The molecular formula is C15H16N2O4S. The molecule has 0 aliphatic rings. The lowest BCUT2D eigenvalue weighted by Gasteiger charge is -2.04. The molecule has 22 heavy (non-hydrogen) atoms. The highest BCUT2D eigenvalue weighted by Crippen LogP contribution is 2.24. The predicted octanol–water partition coefficient (Wildman–Crippen LogP) is 2.33. The fourth-order valence-corrected chi connectivity index (χ4v) is 2.34. The summed E-state index contributed by atoms with van der Waals surface area (Å²) in [6.07, 6.45) is 0. The van der Waals surface area contributed by atoms with Crippen LogP contribution >= 0.6 is 11.3 Å². The first-order valence-corrected chi connectivity index (χ1v) is 7.65. The molecule has 7 heteroatoms. The summed E-state index contributed by atoms with van der Waals surface area (Å²) in [4.78, 5) is 27.4. The minimum atomic E-state index is -0.948. The molecule has 1 N–H and O–H groups in total. The summed E-state index contributed by atoms with van der Waals surface area (Å²) in [6.45, 7) is 2.69. The van der Waals surface area contributed by atoms with E-state index >= 15 is 0 Å². The Bertz CT molecular complexity index is 627. The molecule has 2 rings (SSSR count). The number of hydrogen-bond donors (Lipinski definition) is 1. The van der Waals surface area contributed by atoms with Gasteiger partial charge in [0.25, 0.3) is 0 Å². The van der Waals surface area contributed by atoms with Gasteiger partial charge in [0.2, 0.25) is 0 Å². The Morgan fingerprint density at radius 2 is 2.00 bits per heavy atom. The molecule has 2 aromatic rings. The summed E-state index contributed by atoms with van der Waals surface area (Å²) in [6, 6.07) is 9.56. The van der Waals surface area contributed by atoms with Gasteiger partial charge in [0.15, 0.2) is 5.13 Å². The number of esters is 1. The fourth-order valence-electron chi connectivity index (χ4n) is 1.62. The van der Waals surface area contributed by atoms with Crippen LogP contribution < -0.4 is 5.32 Å². The maximum absolute atomic E-state index is 11.7. The number of thiazole rings is 1. The molecule has 0 aliphatic heterocycles. The van der Waals surface area contributed by atoms with Gasteiger partial charge in [-0.25, -0.2) is 9.78 Å². The Morgan fingerprint density at radius 1 is 1.23 bits per heavy atom. The number of amides is 1. The van der Waals surface area contributed by atoms with Gasteiger partial charge >= 0.3 is 11.9 Å². The number of anilines is 1. The normalized spacial score (nSPS) is 10.2. The molecule has 0 unspecified atom stereocenters. The van der Waals surface area contributed by atoms with Gasteiger partial charge in [-0.05, 0) is 6.92 Å². The maximum atomic E-state index is 11.7. The second kappa shape index (κ2) is 8.26. The molecule has 116 valence electrons. The molecule has 0 bridgehead atoms. The van der Waals surface area contributed by atoms with Crippen molar-refractivity contribution >= 4 is 28.3 Å². The summed E-state index contributed by atoms with van der Waals surface area (Å²) in [5.74, 6) is -1.79. The van der Waals surface area contributed by atoms with Gasteiger partial charge in [-0.3, -0.25) is 10.1 Å². The van der Waals surface area contributed by atoms with Crippen molar-refractivity contribution in [2.75, 3.05) is 25.1 Å². The number of ether oxygens (including phenoxy) is 2. The molecule has 0 fully saturated rings. The molecule has 6 nitrogen and oxygen atoms in total. The zero-order valence-corrected chi connectivity index (χ0v) is 12.9. The summed E-state index contributed by atoms with van der Waals surface area (Å²) >= 11 is 1.25. The maximum Gasteiger partial charge on any atom is 0.397 e. The van der Waals surface area contributed by atoms with Gasteiger partial charge in [0.05, 0.1) is 12.3 Å². The lowest BCUT2D eigenvalue weighted by molar-refractivity contribution is -0.153. The smallest absolute Gasteiger partial charge is 0.397 e. The average Bonchev–Trinajstić information content (AvgIpc) is 3.00. The topological polar surface area (TPSA) is 77.5 Å². The molecule has 0 saturated carbocycles. The highest BCUT2D eigenvalue weighted by Gasteiger charge is 2.17. The Hall–Kier alpha value is -2.25. The van der Waals surface area contributed by atoms with Crippen molar-refractivity contribution in [2.45, 2.75) is 6.92 Å². The predicted molar refractivity (Wildman–Crippen MR) is 83.6 cm³/mol. The standard InChI is InChI=1S/C15H16N2O4S/c1-2-20-8-9-21-14(19)13(18)17-15-16-12(10-22-15)11-6-4-3-5-7-11/h3-7,10H,2,8-9H2,1H3,(H,16,17,18). The van der Waals surface area contributed by atoms with Crippen LogP contribution in [0.2, 0.25) is 0 Å². The third kappa shape index (κ3) is 4.64. The molecule has 0 atom stereocenters. The fraction of sp³-hybridized carbons (Fsp3) is 0.267. The quantitative estimate of drug-likeness (QED) is 0.502. The van der Waals surface area contributed by atoms with Gasteiger partial charge in [-0.2, -0.15) is 0 Å². The van der Waals surface area contributed by atoms with Crippen LogP contribution in [0.25, 0.3) is 11.3 Å². The first kappa shape index (κ1) is 16.1. The molecule has 1 heterocycles. The number of aromatic nitrogens is 1. The van der Waals surface area contributed by atoms with Crippen LogP contribution in [-0.2, 0) is 19.1 Å². The minimum Gasteiger partial charge on any atom is -0.456 e. The molecule has 0 spiro atoms. The number of hydrogen-bond acceptors (Lipinski definition) is 6. The first-order valence-electron chi connectivity index (χ1n) is 6.77. The van der Waals surface area contributed by atoms with Crippen molar-refractivity contribution < 1.29 is 19.1 Å². The van der Waals surface area contributed by atoms with Gasteiger partial charge < -0.3 is 9.47 Å². The molecular weight excluding hydrogens is 304 g/mol. The van der Waals surface area contributed by atoms with Crippen molar-refractivity contribution in [3.8, 4) is 11.3 Å². The summed E-state index contributed by atoms with van der Waals surface area (Å²) in [7, 11) is 0. The Labute approximate surface area is 132 Å². The summed E-state index contributed by atoms with van der Waals surface area (Å²) < 4.78 is 9.79. The van der Waals surface area contributed by atoms with Crippen LogP contribution in [0, 0.1) is 0 Å².